The minimum atomic E-state index is -3.67. The average molecular weight is 421 g/mol. The number of hydrogen-bond donors (Lipinski definition) is 7. The first-order chi connectivity index (χ1) is 13.6. The molecular weight excluding hydrogens is 376 g/mol. The van der Waals surface area contributed by atoms with Crippen LogP contribution in [0.2, 0.25) is 0 Å². The van der Waals surface area contributed by atoms with Gasteiger partial charge in [-0.25, -0.2) is 0 Å². The number of hydrogen-bond acceptors (Lipinski definition) is 7. The van der Waals surface area contributed by atoms with E-state index in [1.807, 2.05) is 0 Å². The lowest BCUT2D eigenvalue weighted by Gasteiger charge is -2.44. The molecule has 0 aromatic carbocycles. The quantitative estimate of drug-likeness (QED) is 0.298. The lowest BCUT2D eigenvalue weighted by molar-refractivity contribution is -0.467. The Morgan fingerprint density at radius 2 is 0.759 bits per heavy atom. The third-order valence-electron chi connectivity index (χ3n) is 6.29. The molecule has 0 heterocycles. The first kappa shape index (κ1) is 26.8. The SMILES string of the molecule is OC1CCCCCCCCCCCCCCCCCCC(O)(O)C(O)(O)C1(O)O. The number of aliphatic hydroxyl groups is 7. The summed E-state index contributed by atoms with van der Waals surface area (Å²) in [7, 11) is 0. The van der Waals surface area contributed by atoms with E-state index in [9.17, 15) is 35.7 Å². The van der Waals surface area contributed by atoms with Crippen LogP contribution in [-0.4, -0.2) is 59.2 Å². The molecule has 1 aliphatic rings. The number of rotatable bonds is 0. The molecular formula is C22H44O7. The second kappa shape index (κ2) is 13.2. The van der Waals surface area contributed by atoms with Gasteiger partial charge in [0.2, 0.25) is 5.79 Å². The van der Waals surface area contributed by atoms with Crippen LogP contribution in [0.5, 0.6) is 0 Å². The predicted octanol–water partition coefficient (Wildman–Crippen LogP) is 2.43. The second-order valence-electron chi connectivity index (χ2n) is 8.93. The maximum atomic E-state index is 10.1. The van der Waals surface area contributed by atoms with E-state index >= 15 is 0 Å². The van der Waals surface area contributed by atoms with E-state index in [4.69, 9.17) is 0 Å². The Kier molecular flexibility index (Phi) is 12.2. The fourth-order valence-corrected chi connectivity index (χ4v) is 4.09. The van der Waals surface area contributed by atoms with E-state index in [-0.39, 0.29) is 6.42 Å². The molecule has 7 N–H and O–H groups in total. The molecule has 0 spiro atoms. The highest BCUT2D eigenvalue weighted by atomic mass is 16.7. The zero-order valence-corrected chi connectivity index (χ0v) is 17.9. The van der Waals surface area contributed by atoms with Crippen LogP contribution in [0.15, 0.2) is 0 Å². The molecule has 7 nitrogen and oxygen atoms in total. The van der Waals surface area contributed by atoms with Gasteiger partial charge in [-0.1, -0.05) is 96.3 Å². The summed E-state index contributed by atoms with van der Waals surface area (Å²) in [5.41, 5.74) is 0. The van der Waals surface area contributed by atoms with E-state index in [1.165, 1.54) is 44.9 Å². The van der Waals surface area contributed by atoms with Crippen molar-refractivity contribution in [2.45, 2.75) is 139 Å². The summed E-state index contributed by atoms with van der Waals surface area (Å²) >= 11 is 0. The van der Waals surface area contributed by atoms with Crippen LogP contribution in [0.1, 0.15) is 116 Å². The minimum absolute atomic E-state index is 0.0774. The van der Waals surface area contributed by atoms with Gasteiger partial charge in [0, 0.05) is 6.42 Å². The van der Waals surface area contributed by atoms with Crippen LogP contribution < -0.4 is 0 Å². The van der Waals surface area contributed by atoms with Crippen LogP contribution in [0, 0.1) is 0 Å². The van der Waals surface area contributed by atoms with Crippen molar-refractivity contribution >= 4 is 0 Å². The second-order valence-corrected chi connectivity index (χ2v) is 8.93. The van der Waals surface area contributed by atoms with Crippen molar-refractivity contribution < 1.29 is 35.7 Å². The molecule has 0 amide bonds. The standard InChI is InChI=1S/C22H44O7/c23-19-17-15-13-11-9-7-5-3-1-2-4-6-8-10-12-14-16-18-20(24,25)22(28,29)21(19,26)27/h19,23-29H,1-18H2. The summed E-state index contributed by atoms with van der Waals surface area (Å²) in [5, 5.41) is 70.7. The molecule has 29 heavy (non-hydrogen) atoms. The van der Waals surface area contributed by atoms with Gasteiger partial charge in [-0.05, 0) is 12.8 Å². The van der Waals surface area contributed by atoms with E-state index in [1.54, 1.807) is 0 Å². The average Bonchev–Trinajstić information content (AvgIpc) is 2.65. The molecule has 1 atom stereocenters. The fourth-order valence-electron chi connectivity index (χ4n) is 4.09. The Bertz CT molecular complexity index is 423. The predicted molar refractivity (Wildman–Crippen MR) is 111 cm³/mol. The Morgan fingerprint density at radius 1 is 0.448 bits per heavy atom. The maximum Gasteiger partial charge on any atom is 0.276 e. The molecule has 1 unspecified atom stereocenters. The summed E-state index contributed by atoms with van der Waals surface area (Å²) in [6.45, 7) is 0. The molecule has 7 heteroatoms. The Balaban J connectivity index is 2.63. The highest BCUT2D eigenvalue weighted by Crippen LogP contribution is 2.35. The van der Waals surface area contributed by atoms with Crippen LogP contribution in [0.3, 0.4) is 0 Å². The van der Waals surface area contributed by atoms with Crippen molar-refractivity contribution in [2.24, 2.45) is 0 Å². The highest BCUT2D eigenvalue weighted by Gasteiger charge is 2.63. The van der Waals surface area contributed by atoms with Crippen molar-refractivity contribution in [2.75, 3.05) is 0 Å². The zero-order chi connectivity index (χ0) is 21.8. The van der Waals surface area contributed by atoms with Crippen molar-refractivity contribution in [1.82, 2.24) is 0 Å². The van der Waals surface area contributed by atoms with Crippen molar-refractivity contribution in [1.29, 1.82) is 0 Å². The lowest BCUT2D eigenvalue weighted by atomic mass is 9.86. The fraction of sp³-hybridized carbons (Fsp3) is 1.00. The summed E-state index contributed by atoms with van der Waals surface area (Å²) < 4.78 is 0. The number of aliphatic hydroxyl groups excluding tert-OH is 1. The normalized spacial score (nSPS) is 29.3. The first-order valence-corrected chi connectivity index (χ1v) is 11.7. The van der Waals surface area contributed by atoms with Crippen LogP contribution in [-0.2, 0) is 0 Å². The van der Waals surface area contributed by atoms with Gasteiger partial charge in [-0.15, -0.1) is 0 Å². The topological polar surface area (TPSA) is 142 Å². The Labute approximate surface area is 175 Å². The molecule has 1 saturated carbocycles. The largest absolute Gasteiger partial charge is 0.387 e. The molecule has 0 bridgehead atoms. The molecule has 1 rings (SSSR count). The smallest absolute Gasteiger partial charge is 0.276 e. The van der Waals surface area contributed by atoms with Crippen molar-refractivity contribution in [3.8, 4) is 0 Å². The van der Waals surface area contributed by atoms with Crippen LogP contribution in [0.4, 0.5) is 0 Å². The van der Waals surface area contributed by atoms with Gasteiger partial charge in [0.05, 0.1) is 0 Å². The molecule has 0 aromatic heterocycles. The van der Waals surface area contributed by atoms with Gasteiger partial charge < -0.3 is 35.7 Å². The van der Waals surface area contributed by atoms with Gasteiger partial charge in [0.25, 0.3) is 11.6 Å². The van der Waals surface area contributed by atoms with E-state index in [2.05, 4.69) is 0 Å². The van der Waals surface area contributed by atoms with Gasteiger partial charge in [0.15, 0.2) is 0 Å². The summed E-state index contributed by atoms with van der Waals surface area (Å²) in [5.74, 6) is -10.3. The Hall–Kier alpha value is -0.280. The monoisotopic (exact) mass is 420 g/mol. The molecule has 1 fully saturated rings. The van der Waals surface area contributed by atoms with E-state index in [0.29, 0.717) is 19.3 Å². The van der Waals surface area contributed by atoms with Crippen LogP contribution >= 0.6 is 0 Å². The van der Waals surface area contributed by atoms with Gasteiger partial charge in [-0.2, -0.15) is 0 Å². The molecule has 0 radical (unpaired) electrons. The molecule has 0 saturated heterocycles. The first-order valence-electron chi connectivity index (χ1n) is 11.7. The third kappa shape index (κ3) is 8.77. The van der Waals surface area contributed by atoms with E-state index in [0.717, 1.165) is 38.5 Å². The lowest BCUT2D eigenvalue weighted by Crippen LogP contribution is -2.72. The Morgan fingerprint density at radius 3 is 1.14 bits per heavy atom. The summed E-state index contributed by atoms with van der Waals surface area (Å²) in [6.07, 6.45) is 13.6. The van der Waals surface area contributed by atoms with Gasteiger partial charge in [0.1, 0.15) is 6.10 Å². The molecule has 174 valence electrons. The maximum absolute atomic E-state index is 10.1. The third-order valence-corrected chi connectivity index (χ3v) is 6.29. The zero-order valence-electron chi connectivity index (χ0n) is 17.9. The molecule has 1 aliphatic carbocycles. The van der Waals surface area contributed by atoms with E-state index < -0.39 is 29.9 Å². The van der Waals surface area contributed by atoms with Gasteiger partial charge in [-0.3, -0.25) is 0 Å². The van der Waals surface area contributed by atoms with Crippen LogP contribution in [0.25, 0.3) is 0 Å². The minimum Gasteiger partial charge on any atom is -0.387 e. The summed E-state index contributed by atoms with van der Waals surface area (Å²) in [4.78, 5) is 0. The highest BCUT2D eigenvalue weighted by molar-refractivity contribution is 4.97. The summed E-state index contributed by atoms with van der Waals surface area (Å²) in [6, 6.07) is 0. The van der Waals surface area contributed by atoms with Gasteiger partial charge >= 0.3 is 0 Å². The van der Waals surface area contributed by atoms with Crippen molar-refractivity contribution in [3.63, 3.8) is 0 Å². The molecule has 0 aliphatic heterocycles. The van der Waals surface area contributed by atoms with Crippen molar-refractivity contribution in [3.05, 3.63) is 0 Å². The molecule has 0 aromatic rings.